The number of benzene rings is 1. The van der Waals surface area contributed by atoms with Gasteiger partial charge in [-0.15, -0.1) is 0 Å². The highest BCUT2D eigenvalue weighted by Gasteiger charge is 2.31. The predicted molar refractivity (Wildman–Crippen MR) is 82.6 cm³/mol. The van der Waals surface area contributed by atoms with Gasteiger partial charge in [0.15, 0.2) is 0 Å². The SMILES string of the molecule is Cc1n[nH]c(C)c1S(=O)(=O)N1CCOc2ccc(Cl)cc2C1. The third-order valence-electron chi connectivity index (χ3n) is 3.63. The van der Waals surface area contributed by atoms with Crippen molar-refractivity contribution in [3.05, 3.63) is 40.2 Å². The van der Waals surface area contributed by atoms with Gasteiger partial charge in [-0.3, -0.25) is 5.10 Å². The molecular weight excluding hydrogens is 326 g/mol. The number of nitrogens with one attached hydrogen (secondary N) is 1. The van der Waals surface area contributed by atoms with Gasteiger partial charge in [0.2, 0.25) is 10.0 Å². The van der Waals surface area contributed by atoms with Gasteiger partial charge in [-0.05, 0) is 32.0 Å². The molecule has 0 amide bonds. The van der Waals surface area contributed by atoms with Crippen LogP contribution in [0.15, 0.2) is 23.1 Å². The number of rotatable bonds is 2. The summed E-state index contributed by atoms with van der Waals surface area (Å²) in [5.41, 5.74) is 1.76. The molecule has 0 spiro atoms. The van der Waals surface area contributed by atoms with E-state index in [0.717, 1.165) is 5.56 Å². The third kappa shape index (κ3) is 2.60. The first kappa shape index (κ1) is 15.3. The molecule has 3 rings (SSSR count). The molecule has 0 radical (unpaired) electrons. The van der Waals surface area contributed by atoms with E-state index in [1.54, 1.807) is 32.0 Å². The van der Waals surface area contributed by atoms with E-state index in [9.17, 15) is 8.42 Å². The molecule has 1 aromatic carbocycles. The number of H-pyrrole nitrogens is 1. The standard InChI is InChI=1S/C14H16ClN3O3S/c1-9-14(10(2)17-16-9)22(19,20)18-5-6-21-13-4-3-12(15)7-11(13)8-18/h3-4,7H,5-6,8H2,1-2H3,(H,16,17). The van der Waals surface area contributed by atoms with Crippen LogP contribution in [0.2, 0.25) is 5.02 Å². The maximum absolute atomic E-state index is 12.9. The number of aromatic nitrogens is 2. The average molecular weight is 342 g/mol. The Labute approximate surface area is 134 Å². The van der Waals surface area contributed by atoms with Crippen molar-refractivity contribution in [1.29, 1.82) is 0 Å². The Bertz CT molecular complexity index is 797. The van der Waals surface area contributed by atoms with Gasteiger partial charge in [-0.1, -0.05) is 11.6 Å². The summed E-state index contributed by atoms with van der Waals surface area (Å²) in [5.74, 6) is 0.669. The summed E-state index contributed by atoms with van der Waals surface area (Å²) in [6, 6.07) is 5.23. The highest BCUT2D eigenvalue weighted by atomic mass is 35.5. The molecule has 0 saturated heterocycles. The molecule has 2 aromatic rings. The van der Waals surface area contributed by atoms with Crippen LogP contribution >= 0.6 is 11.6 Å². The molecule has 0 aliphatic carbocycles. The summed E-state index contributed by atoms with van der Waals surface area (Å²) < 4.78 is 32.9. The zero-order valence-electron chi connectivity index (χ0n) is 12.3. The van der Waals surface area contributed by atoms with E-state index in [2.05, 4.69) is 10.2 Å². The number of aromatic amines is 1. The summed E-state index contributed by atoms with van der Waals surface area (Å²) in [6.07, 6.45) is 0. The van der Waals surface area contributed by atoms with E-state index in [1.807, 2.05) is 0 Å². The zero-order chi connectivity index (χ0) is 15.9. The van der Waals surface area contributed by atoms with E-state index in [1.165, 1.54) is 4.31 Å². The average Bonchev–Trinajstić information content (AvgIpc) is 2.68. The van der Waals surface area contributed by atoms with Crippen LogP contribution in [-0.2, 0) is 16.6 Å². The molecule has 0 unspecified atom stereocenters. The Kier molecular flexibility index (Phi) is 3.88. The highest BCUT2D eigenvalue weighted by Crippen LogP contribution is 2.30. The van der Waals surface area contributed by atoms with E-state index >= 15 is 0 Å². The summed E-state index contributed by atoms with van der Waals surface area (Å²) in [5, 5.41) is 7.25. The van der Waals surface area contributed by atoms with Crippen LogP contribution in [-0.4, -0.2) is 36.1 Å². The third-order valence-corrected chi connectivity index (χ3v) is 5.97. The highest BCUT2D eigenvalue weighted by molar-refractivity contribution is 7.89. The van der Waals surface area contributed by atoms with Gasteiger partial charge < -0.3 is 4.74 Å². The molecule has 1 aromatic heterocycles. The topological polar surface area (TPSA) is 75.3 Å². The maximum Gasteiger partial charge on any atom is 0.247 e. The first-order valence-electron chi connectivity index (χ1n) is 6.82. The van der Waals surface area contributed by atoms with Gasteiger partial charge >= 0.3 is 0 Å². The number of hydrogen-bond donors (Lipinski definition) is 1. The van der Waals surface area contributed by atoms with Crippen LogP contribution in [0.4, 0.5) is 0 Å². The van der Waals surface area contributed by atoms with Crippen molar-refractivity contribution >= 4 is 21.6 Å². The summed E-state index contributed by atoms with van der Waals surface area (Å²) in [6.45, 7) is 4.17. The van der Waals surface area contributed by atoms with Gasteiger partial charge in [0.1, 0.15) is 17.3 Å². The van der Waals surface area contributed by atoms with Crippen molar-refractivity contribution < 1.29 is 13.2 Å². The first-order chi connectivity index (χ1) is 10.4. The fraction of sp³-hybridized carbons (Fsp3) is 0.357. The number of nitrogens with zero attached hydrogens (tertiary/aromatic N) is 2. The molecule has 118 valence electrons. The number of halogens is 1. The lowest BCUT2D eigenvalue weighted by Crippen LogP contribution is -2.33. The van der Waals surface area contributed by atoms with Gasteiger partial charge in [0, 0.05) is 23.7 Å². The van der Waals surface area contributed by atoms with E-state index < -0.39 is 10.0 Å². The van der Waals surface area contributed by atoms with Crippen LogP contribution in [0.25, 0.3) is 0 Å². The number of ether oxygens (including phenoxy) is 1. The van der Waals surface area contributed by atoms with Crippen molar-refractivity contribution in [3.63, 3.8) is 0 Å². The molecule has 0 bridgehead atoms. The largest absolute Gasteiger partial charge is 0.492 e. The van der Waals surface area contributed by atoms with Gasteiger partial charge in [0.05, 0.1) is 11.4 Å². The summed E-state index contributed by atoms with van der Waals surface area (Å²) in [7, 11) is -3.64. The van der Waals surface area contributed by atoms with Crippen molar-refractivity contribution in [3.8, 4) is 5.75 Å². The molecule has 1 aliphatic rings. The molecule has 0 fully saturated rings. The lowest BCUT2D eigenvalue weighted by molar-refractivity contribution is 0.293. The zero-order valence-corrected chi connectivity index (χ0v) is 13.8. The second-order valence-electron chi connectivity index (χ2n) is 5.20. The van der Waals surface area contributed by atoms with E-state index in [4.69, 9.17) is 16.3 Å². The Hall–Kier alpha value is -1.57. The molecule has 6 nitrogen and oxygen atoms in total. The van der Waals surface area contributed by atoms with Crippen molar-refractivity contribution in [1.82, 2.24) is 14.5 Å². The van der Waals surface area contributed by atoms with Crippen molar-refractivity contribution in [2.75, 3.05) is 13.2 Å². The Morgan fingerprint density at radius 2 is 2.14 bits per heavy atom. The van der Waals surface area contributed by atoms with E-state index in [-0.39, 0.29) is 18.0 Å². The minimum absolute atomic E-state index is 0.224. The van der Waals surface area contributed by atoms with Crippen LogP contribution in [0.3, 0.4) is 0 Å². The molecule has 0 atom stereocenters. The predicted octanol–water partition coefficient (Wildman–Crippen LogP) is 2.26. The molecule has 8 heteroatoms. The molecule has 2 heterocycles. The van der Waals surface area contributed by atoms with Crippen LogP contribution in [0.5, 0.6) is 5.75 Å². The number of aryl methyl sites for hydroxylation is 2. The van der Waals surface area contributed by atoms with E-state index in [0.29, 0.717) is 28.8 Å². The monoisotopic (exact) mass is 341 g/mol. The lowest BCUT2D eigenvalue weighted by atomic mass is 10.2. The summed E-state index contributed by atoms with van der Waals surface area (Å²) >= 11 is 6.00. The number of sulfonamides is 1. The van der Waals surface area contributed by atoms with Gasteiger partial charge in [-0.2, -0.15) is 9.40 Å². The second kappa shape index (κ2) is 5.57. The fourth-order valence-electron chi connectivity index (χ4n) is 2.59. The molecular formula is C14H16ClN3O3S. The smallest absolute Gasteiger partial charge is 0.247 e. The van der Waals surface area contributed by atoms with Gasteiger partial charge in [-0.25, -0.2) is 8.42 Å². The fourth-order valence-corrected chi connectivity index (χ4v) is 4.52. The molecule has 1 N–H and O–H groups in total. The molecule has 0 saturated carbocycles. The van der Waals surface area contributed by atoms with Crippen molar-refractivity contribution in [2.45, 2.75) is 25.3 Å². The normalized spacial score (nSPS) is 16.0. The van der Waals surface area contributed by atoms with Crippen LogP contribution in [0, 0.1) is 13.8 Å². The minimum Gasteiger partial charge on any atom is -0.492 e. The minimum atomic E-state index is -3.64. The first-order valence-corrected chi connectivity index (χ1v) is 8.64. The van der Waals surface area contributed by atoms with Crippen LogP contribution in [0.1, 0.15) is 17.0 Å². The summed E-state index contributed by atoms with van der Waals surface area (Å²) in [4.78, 5) is 0.234. The van der Waals surface area contributed by atoms with Crippen molar-refractivity contribution in [2.24, 2.45) is 0 Å². The lowest BCUT2D eigenvalue weighted by Gasteiger charge is -2.19. The Balaban J connectivity index is 2.02. The number of fused-ring (bicyclic) bond motifs is 1. The molecule has 22 heavy (non-hydrogen) atoms. The molecule has 1 aliphatic heterocycles. The second-order valence-corrected chi connectivity index (χ2v) is 7.51. The van der Waals surface area contributed by atoms with Crippen LogP contribution < -0.4 is 4.74 Å². The Morgan fingerprint density at radius 1 is 1.36 bits per heavy atom. The maximum atomic E-state index is 12.9. The number of hydrogen-bond acceptors (Lipinski definition) is 4. The Morgan fingerprint density at radius 3 is 2.82 bits per heavy atom. The van der Waals surface area contributed by atoms with Gasteiger partial charge in [0.25, 0.3) is 0 Å². The quantitative estimate of drug-likeness (QED) is 0.909.